The van der Waals surface area contributed by atoms with Crippen molar-refractivity contribution in [1.82, 2.24) is 25.2 Å². The van der Waals surface area contributed by atoms with Crippen molar-refractivity contribution in [3.8, 4) is 0 Å². The fourth-order valence-electron chi connectivity index (χ4n) is 9.53. The summed E-state index contributed by atoms with van der Waals surface area (Å²) >= 11 is 8.20. The number of anilines is 2. The van der Waals surface area contributed by atoms with E-state index in [1.165, 1.54) is 6.07 Å². The molecule has 314 valence electrons. The van der Waals surface area contributed by atoms with Crippen LogP contribution >= 0.6 is 34.2 Å². The molecule has 0 unspecified atom stereocenters. The third kappa shape index (κ3) is 6.30. The van der Waals surface area contributed by atoms with Gasteiger partial charge in [0.15, 0.2) is 23.6 Å². The van der Waals surface area contributed by atoms with Crippen LogP contribution in [0.2, 0.25) is 5.02 Å². The number of nitrogens with one attached hydrogen (secondary N) is 4. The highest BCUT2D eigenvalue weighted by Crippen LogP contribution is 2.54. The number of para-hydroxylation sites is 2. The molecule has 4 aliphatic rings. The zero-order valence-corrected chi connectivity index (χ0v) is 36.0. The van der Waals surface area contributed by atoms with Crippen molar-refractivity contribution in [1.29, 1.82) is 0 Å². The number of nitrogens with zero attached hydrogens (tertiary/aromatic N) is 2. The molecule has 1 saturated heterocycles. The highest BCUT2D eigenvalue weighted by molar-refractivity contribution is 14.1. The van der Waals surface area contributed by atoms with Crippen LogP contribution in [0.15, 0.2) is 78.9 Å². The number of likely N-dealkylation sites (N-methyl/N-ethyl adjacent to an activating group) is 1. The molecule has 16 heteroatoms. The van der Waals surface area contributed by atoms with Gasteiger partial charge in [-0.2, -0.15) is 0 Å². The average molecular weight is 961 g/mol. The van der Waals surface area contributed by atoms with Gasteiger partial charge in [0.25, 0.3) is 11.8 Å². The maximum absolute atomic E-state index is 14.3. The quantitative estimate of drug-likeness (QED) is 0.0753. The molecule has 0 radical (unpaired) electrons. The fourth-order valence-corrected chi connectivity index (χ4v) is 10.4. The van der Waals surface area contributed by atoms with Crippen LogP contribution < -0.4 is 21.4 Å². The maximum atomic E-state index is 14.3. The van der Waals surface area contributed by atoms with E-state index in [4.69, 9.17) is 25.9 Å². The zero-order valence-electron chi connectivity index (χ0n) is 33.1. The second-order valence-electron chi connectivity index (χ2n) is 16.0. The lowest BCUT2D eigenvalue weighted by Gasteiger charge is -2.48. The fraction of sp³-hybridized carbons (Fsp3) is 0.289. The molecule has 1 aliphatic carbocycles. The topological polar surface area (TPSA) is 140 Å². The number of ether oxygens (including phenoxy) is 2. The van der Waals surface area contributed by atoms with Gasteiger partial charge in [-0.15, -0.1) is 0 Å². The number of fused-ring (bicyclic) bond motifs is 13. The monoisotopic (exact) mass is 960 g/mol. The lowest BCUT2D eigenvalue weighted by molar-refractivity contribution is -0.256. The summed E-state index contributed by atoms with van der Waals surface area (Å²) in [5.41, 5.74) is 6.50. The van der Waals surface area contributed by atoms with Gasteiger partial charge in [0.1, 0.15) is 12.3 Å². The molecule has 12 nitrogen and oxygen atoms in total. The number of aromatic nitrogens is 2. The Hall–Kier alpha value is -4.88. The van der Waals surface area contributed by atoms with Crippen molar-refractivity contribution in [3.63, 3.8) is 0 Å². The molecule has 2 aromatic heterocycles. The largest absolute Gasteiger partial charge is 0.375 e. The summed E-state index contributed by atoms with van der Waals surface area (Å²) in [4.78, 5) is 30.8. The van der Waals surface area contributed by atoms with Crippen molar-refractivity contribution < 1.29 is 37.8 Å². The average Bonchev–Trinajstić information content (AvgIpc) is 3.84. The number of benzene rings is 5. The van der Waals surface area contributed by atoms with Gasteiger partial charge in [-0.25, -0.2) is 14.3 Å². The van der Waals surface area contributed by atoms with Crippen LogP contribution in [0, 0.1) is 21.1 Å². The molecule has 3 aliphatic heterocycles. The number of aliphatic hydroxyl groups excluding tert-OH is 1. The summed E-state index contributed by atoms with van der Waals surface area (Å²) in [6.07, 6.45) is 1.20. The van der Waals surface area contributed by atoms with Crippen molar-refractivity contribution in [2.24, 2.45) is 5.92 Å². The van der Waals surface area contributed by atoms with Crippen LogP contribution in [0.1, 0.15) is 64.9 Å². The minimum absolute atomic E-state index is 0.0289. The van der Waals surface area contributed by atoms with Crippen LogP contribution in [-0.4, -0.2) is 59.0 Å². The van der Waals surface area contributed by atoms with E-state index in [1.807, 2.05) is 31.3 Å². The van der Waals surface area contributed by atoms with Gasteiger partial charge < -0.3 is 39.7 Å². The Labute approximate surface area is 366 Å². The van der Waals surface area contributed by atoms with E-state index in [9.17, 15) is 23.5 Å². The third-order valence-electron chi connectivity index (χ3n) is 12.4. The number of hydrogen-bond donors (Lipinski definition) is 5. The standard InChI is InChI=1S/C28H26N4O4.C17H14ClF2IN2O2/c1-28-25(35-3)15(29-2)12-18(36-28)31-16-10-6-4-8-13(16)19-21-22(27(34)30-26(21)33)20-14-9-5-7-11-17(14)32(28)24(20)23(19)31;18-12-7-10(21)3-6-14(12)22-16-11(4-5-13(19)15(16)20)17(24)23-25-8-9-1-2-9/h4-11,15,18,25,27,29,34H,12H2,1-3H3,(H,30,33);3-7,9,22H,1-2,8H2,(H,23,24)/t15-,18-,25-,27-,28+;/m1./s1. The van der Waals surface area contributed by atoms with E-state index in [-0.39, 0.29) is 35.5 Å². The van der Waals surface area contributed by atoms with E-state index < -0.39 is 29.5 Å². The van der Waals surface area contributed by atoms with Gasteiger partial charge in [-0.1, -0.05) is 48.0 Å². The molecule has 2 fully saturated rings. The summed E-state index contributed by atoms with van der Waals surface area (Å²) in [6.45, 7) is 2.50. The first kappa shape index (κ1) is 40.2. The van der Waals surface area contributed by atoms with Crippen molar-refractivity contribution in [2.45, 2.75) is 56.5 Å². The minimum Gasteiger partial charge on any atom is -0.375 e. The Morgan fingerprint density at radius 2 is 1.75 bits per heavy atom. The van der Waals surface area contributed by atoms with Gasteiger partial charge in [-0.3, -0.25) is 14.4 Å². The molecule has 2 bridgehead atoms. The Bertz CT molecular complexity index is 2970. The Morgan fingerprint density at radius 1 is 1.03 bits per heavy atom. The number of rotatable bonds is 8. The highest BCUT2D eigenvalue weighted by Gasteiger charge is 2.53. The van der Waals surface area contributed by atoms with Gasteiger partial charge in [0.05, 0.1) is 56.2 Å². The second kappa shape index (κ2) is 15.2. The van der Waals surface area contributed by atoms with E-state index in [0.717, 1.165) is 66.1 Å². The number of methoxy groups -OCH3 is 1. The molecular weight excluding hydrogens is 921 g/mol. The van der Waals surface area contributed by atoms with Crippen molar-refractivity contribution in [3.05, 3.63) is 116 Å². The van der Waals surface area contributed by atoms with Crippen LogP contribution in [0.3, 0.4) is 0 Å². The number of aliphatic hydroxyl groups is 1. The smallest absolute Gasteiger partial charge is 0.277 e. The first-order valence-electron chi connectivity index (χ1n) is 20.0. The molecule has 5 aromatic carbocycles. The second-order valence-corrected chi connectivity index (χ2v) is 17.6. The Morgan fingerprint density at radius 3 is 2.46 bits per heavy atom. The number of hydrogen-bond acceptors (Lipinski definition) is 8. The van der Waals surface area contributed by atoms with Crippen LogP contribution in [0.25, 0.3) is 43.6 Å². The summed E-state index contributed by atoms with van der Waals surface area (Å²) in [5, 5.41) is 24.2. The summed E-state index contributed by atoms with van der Waals surface area (Å²) < 4.78 is 46.5. The van der Waals surface area contributed by atoms with Crippen molar-refractivity contribution in [2.75, 3.05) is 26.1 Å². The predicted octanol–water partition coefficient (Wildman–Crippen LogP) is 8.88. The van der Waals surface area contributed by atoms with E-state index >= 15 is 0 Å². The molecule has 0 spiro atoms. The first-order valence-corrected chi connectivity index (χ1v) is 21.4. The Kier molecular flexibility index (Phi) is 10.0. The maximum Gasteiger partial charge on any atom is 0.277 e. The number of carbonyl (C=O) groups excluding carboxylic acids is 2. The molecule has 2 amide bonds. The van der Waals surface area contributed by atoms with Crippen LogP contribution in [0.5, 0.6) is 0 Å². The highest BCUT2D eigenvalue weighted by atomic mass is 127. The van der Waals surface area contributed by atoms with Gasteiger partial charge in [0.2, 0.25) is 0 Å². The molecule has 5 N–H and O–H groups in total. The zero-order chi connectivity index (χ0) is 42.5. The molecular formula is C45H40ClF2IN6O6. The lowest BCUT2D eigenvalue weighted by atomic mass is 9.93. The molecule has 1 saturated carbocycles. The minimum atomic E-state index is -1.16. The normalized spacial score (nSPS) is 22.7. The summed E-state index contributed by atoms with van der Waals surface area (Å²) in [5.74, 6) is -2.69. The van der Waals surface area contributed by atoms with Gasteiger partial charge in [0, 0.05) is 50.3 Å². The lowest BCUT2D eigenvalue weighted by Crippen LogP contribution is -2.59. The SMILES string of the molecule is CN[C@@H]1C[C@H]2O[C@@](C)([C@@H]1OC)n1c3ccccc3c3c4c(c5c6ccccc6n2c5c31)C(=O)N[C@@H]4O.O=C(NOCC1CC1)c1ccc(F)c(F)c1Nc1ccc(I)cc1Cl. The van der Waals surface area contributed by atoms with E-state index in [1.54, 1.807) is 25.3 Å². The van der Waals surface area contributed by atoms with Crippen molar-refractivity contribution >= 4 is 101 Å². The van der Waals surface area contributed by atoms with Crippen LogP contribution in [0.4, 0.5) is 20.2 Å². The molecule has 61 heavy (non-hydrogen) atoms. The number of hydroxylamine groups is 1. The number of halogens is 4. The Balaban J connectivity index is 0.000000157. The molecule has 5 heterocycles. The number of carbonyl (C=O) groups is 2. The molecule has 11 rings (SSSR count). The van der Waals surface area contributed by atoms with E-state index in [0.29, 0.717) is 40.8 Å². The third-order valence-corrected chi connectivity index (χ3v) is 13.3. The molecule has 5 atom stereocenters. The number of amides is 2. The van der Waals surface area contributed by atoms with Gasteiger partial charge >= 0.3 is 0 Å². The first-order chi connectivity index (χ1) is 29.4. The van der Waals surface area contributed by atoms with Crippen LogP contribution in [-0.2, 0) is 20.0 Å². The van der Waals surface area contributed by atoms with Gasteiger partial charge in [-0.05, 0) is 97.8 Å². The summed E-state index contributed by atoms with van der Waals surface area (Å²) in [7, 11) is 3.70. The predicted molar refractivity (Wildman–Crippen MR) is 237 cm³/mol. The summed E-state index contributed by atoms with van der Waals surface area (Å²) in [6, 6.07) is 23.5. The molecule has 7 aromatic rings. The van der Waals surface area contributed by atoms with E-state index in [2.05, 4.69) is 84.3 Å².